The number of nitrogens with zero attached hydrogens (tertiary/aromatic N) is 3. The van der Waals surface area contributed by atoms with Crippen LogP contribution in [0.1, 0.15) is 18.7 Å². The molecule has 0 amide bonds. The summed E-state index contributed by atoms with van der Waals surface area (Å²) in [5, 5.41) is 5.40. The Balaban J connectivity index is 1.87. The molecule has 2 aromatic heterocycles. The number of rotatable bonds is 7. The fourth-order valence-electron chi connectivity index (χ4n) is 1.79. The Labute approximate surface area is 111 Å². The van der Waals surface area contributed by atoms with Gasteiger partial charge in [0.1, 0.15) is 0 Å². The number of nitrogens with one attached hydrogen (secondary N) is 1. The highest BCUT2D eigenvalue weighted by Crippen LogP contribution is 2.13. The summed E-state index contributed by atoms with van der Waals surface area (Å²) >= 11 is 1.63. The minimum absolute atomic E-state index is 0.277. The fourth-order valence-corrected chi connectivity index (χ4v) is 2.38. The van der Waals surface area contributed by atoms with Crippen LogP contribution in [0.15, 0.2) is 23.3 Å². The van der Waals surface area contributed by atoms with E-state index in [-0.39, 0.29) is 6.04 Å². The number of anilines is 1. The quantitative estimate of drug-likeness (QED) is 0.834. The van der Waals surface area contributed by atoms with Gasteiger partial charge in [-0.15, -0.1) is 11.3 Å². The normalized spacial score (nSPS) is 12.6. The molecule has 0 aliphatic rings. The van der Waals surface area contributed by atoms with Crippen LogP contribution in [-0.2, 0) is 11.2 Å². The summed E-state index contributed by atoms with van der Waals surface area (Å²) in [6.07, 6.45) is 4.68. The van der Waals surface area contributed by atoms with E-state index < -0.39 is 0 Å². The largest absolute Gasteiger partial charge is 0.383 e. The smallest absolute Gasteiger partial charge is 0.203 e. The summed E-state index contributed by atoms with van der Waals surface area (Å²) in [4.78, 5) is 8.57. The number of hydrogen-bond acceptors (Lipinski definition) is 5. The molecule has 1 N–H and O–H groups in total. The minimum Gasteiger partial charge on any atom is -0.383 e. The molecule has 0 radical (unpaired) electrons. The summed E-state index contributed by atoms with van der Waals surface area (Å²) in [7, 11) is 1.71. The molecule has 2 aromatic rings. The number of ether oxygens (including phenoxy) is 1. The predicted octanol–water partition coefficient (Wildman–Crippen LogP) is 2.20. The van der Waals surface area contributed by atoms with Gasteiger partial charge in [0, 0.05) is 37.8 Å². The lowest BCUT2D eigenvalue weighted by Gasteiger charge is -2.15. The number of thiazole rings is 1. The first kappa shape index (κ1) is 13.0. The monoisotopic (exact) mass is 266 g/mol. The first-order valence-corrected chi connectivity index (χ1v) is 6.88. The zero-order valence-corrected chi connectivity index (χ0v) is 11.5. The van der Waals surface area contributed by atoms with Gasteiger partial charge < -0.3 is 14.6 Å². The molecule has 5 nitrogen and oxygen atoms in total. The molecule has 0 saturated carbocycles. The molecule has 98 valence electrons. The maximum Gasteiger partial charge on any atom is 0.203 e. The van der Waals surface area contributed by atoms with Crippen LogP contribution in [0.5, 0.6) is 0 Å². The van der Waals surface area contributed by atoms with E-state index in [4.69, 9.17) is 4.74 Å². The van der Waals surface area contributed by atoms with Gasteiger partial charge in [-0.2, -0.15) is 0 Å². The van der Waals surface area contributed by atoms with Gasteiger partial charge in [-0.3, -0.25) is 0 Å². The summed E-state index contributed by atoms with van der Waals surface area (Å²) in [6.45, 7) is 3.62. The average molecular weight is 266 g/mol. The number of methoxy groups -OCH3 is 1. The number of hydrogen-bond donors (Lipinski definition) is 1. The van der Waals surface area contributed by atoms with Crippen LogP contribution in [0, 0.1) is 0 Å². The van der Waals surface area contributed by atoms with E-state index in [1.165, 1.54) is 0 Å². The Kier molecular flexibility index (Phi) is 4.72. The SMILES string of the molecule is COCC(C)n1ccnc1NCCc1cscn1. The Bertz CT molecular complexity index is 454. The van der Waals surface area contributed by atoms with Crippen molar-refractivity contribution in [3.8, 4) is 0 Å². The maximum atomic E-state index is 5.16. The van der Waals surface area contributed by atoms with Crippen LogP contribution in [0.25, 0.3) is 0 Å². The first-order chi connectivity index (χ1) is 8.81. The summed E-state index contributed by atoms with van der Waals surface area (Å²) in [5.41, 5.74) is 2.98. The van der Waals surface area contributed by atoms with Crippen LogP contribution < -0.4 is 5.32 Å². The number of aromatic nitrogens is 3. The molecular weight excluding hydrogens is 248 g/mol. The lowest BCUT2D eigenvalue weighted by molar-refractivity contribution is 0.163. The van der Waals surface area contributed by atoms with Gasteiger partial charge >= 0.3 is 0 Å². The molecule has 0 aliphatic heterocycles. The van der Waals surface area contributed by atoms with E-state index in [2.05, 4.69) is 32.2 Å². The molecule has 0 bridgehead atoms. The van der Waals surface area contributed by atoms with Gasteiger partial charge in [-0.1, -0.05) is 0 Å². The highest BCUT2D eigenvalue weighted by atomic mass is 32.1. The van der Waals surface area contributed by atoms with E-state index in [1.807, 2.05) is 11.7 Å². The van der Waals surface area contributed by atoms with Crippen LogP contribution in [-0.4, -0.2) is 34.8 Å². The molecule has 1 unspecified atom stereocenters. The molecule has 2 rings (SSSR count). The second-order valence-corrected chi connectivity index (χ2v) is 4.84. The predicted molar refractivity (Wildman–Crippen MR) is 73.1 cm³/mol. The van der Waals surface area contributed by atoms with E-state index in [0.717, 1.165) is 24.6 Å². The lowest BCUT2D eigenvalue weighted by Crippen LogP contribution is -2.15. The Morgan fingerprint density at radius 2 is 2.39 bits per heavy atom. The molecule has 0 spiro atoms. The van der Waals surface area contributed by atoms with Crippen LogP contribution >= 0.6 is 11.3 Å². The second-order valence-electron chi connectivity index (χ2n) is 4.12. The van der Waals surface area contributed by atoms with Gasteiger partial charge in [-0.05, 0) is 6.92 Å². The number of imidazole rings is 1. The van der Waals surface area contributed by atoms with Crippen molar-refractivity contribution in [3.63, 3.8) is 0 Å². The molecule has 0 fully saturated rings. The zero-order valence-electron chi connectivity index (χ0n) is 10.7. The van der Waals surface area contributed by atoms with Crippen molar-refractivity contribution >= 4 is 17.3 Å². The van der Waals surface area contributed by atoms with Gasteiger partial charge in [0.25, 0.3) is 0 Å². The van der Waals surface area contributed by atoms with Gasteiger partial charge in [0.2, 0.25) is 5.95 Å². The molecule has 6 heteroatoms. The lowest BCUT2D eigenvalue weighted by atomic mass is 10.3. The summed E-state index contributed by atoms with van der Waals surface area (Å²) in [6, 6.07) is 0.277. The standard InChI is InChI=1S/C12H18N4OS/c1-10(7-17-2)16-6-5-14-12(16)13-4-3-11-8-18-9-15-11/h5-6,8-10H,3-4,7H2,1-2H3,(H,13,14). The summed E-state index contributed by atoms with van der Waals surface area (Å²) in [5.74, 6) is 0.884. The van der Waals surface area contributed by atoms with Crippen LogP contribution in [0.4, 0.5) is 5.95 Å². The zero-order chi connectivity index (χ0) is 12.8. The fraction of sp³-hybridized carbons (Fsp3) is 0.500. The van der Waals surface area contributed by atoms with Crippen molar-refractivity contribution in [3.05, 3.63) is 29.0 Å². The van der Waals surface area contributed by atoms with Gasteiger partial charge in [-0.25, -0.2) is 9.97 Å². The highest BCUT2D eigenvalue weighted by Gasteiger charge is 2.09. The molecule has 2 heterocycles. The third kappa shape index (κ3) is 3.30. The van der Waals surface area contributed by atoms with E-state index in [1.54, 1.807) is 24.6 Å². The first-order valence-electron chi connectivity index (χ1n) is 5.94. The molecule has 18 heavy (non-hydrogen) atoms. The maximum absolute atomic E-state index is 5.16. The van der Waals surface area contributed by atoms with E-state index in [0.29, 0.717) is 6.61 Å². The van der Waals surface area contributed by atoms with Crippen molar-refractivity contribution in [2.24, 2.45) is 0 Å². The van der Waals surface area contributed by atoms with Crippen molar-refractivity contribution in [2.45, 2.75) is 19.4 Å². The van der Waals surface area contributed by atoms with Crippen molar-refractivity contribution < 1.29 is 4.74 Å². The molecule has 0 saturated heterocycles. The third-order valence-electron chi connectivity index (χ3n) is 2.70. The van der Waals surface area contributed by atoms with Gasteiger partial charge in [0.15, 0.2) is 0 Å². The molecular formula is C12H18N4OS. The van der Waals surface area contributed by atoms with Crippen LogP contribution in [0.2, 0.25) is 0 Å². The topological polar surface area (TPSA) is 52.0 Å². The second kappa shape index (κ2) is 6.51. The Morgan fingerprint density at radius 3 is 3.11 bits per heavy atom. The van der Waals surface area contributed by atoms with Crippen molar-refractivity contribution in [2.75, 3.05) is 25.6 Å². The highest BCUT2D eigenvalue weighted by molar-refractivity contribution is 7.07. The third-order valence-corrected chi connectivity index (χ3v) is 3.33. The van der Waals surface area contributed by atoms with Gasteiger partial charge in [0.05, 0.1) is 23.9 Å². The molecule has 0 aliphatic carbocycles. The average Bonchev–Trinajstić information content (AvgIpc) is 3.00. The van der Waals surface area contributed by atoms with Crippen LogP contribution in [0.3, 0.4) is 0 Å². The van der Waals surface area contributed by atoms with E-state index in [9.17, 15) is 0 Å². The van der Waals surface area contributed by atoms with E-state index >= 15 is 0 Å². The minimum atomic E-state index is 0.277. The Hall–Kier alpha value is -1.40. The molecule has 0 aromatic carbocycles. The van der Waals surface area contributed by atoms with Crippen molar-refractivity contribution in [1.82, 2.24) is 14.5 Å². The summed E-state index contributed by atoms with van der Waals surface area (Å²) < 4.78 is 7.25. The Morgan fingerprint density at radius 1 is 1.50 bits per heavy atom. The van der Waals surface area contributed by atoms with Crippen molar-refractivity contribution in [1.29, 1.82) is 0 Å². The molecule has 1 atom stereocenters.